The van der Waals surface area contributed by atoms with Crippen molar-refractivity contribution in [1.29, 1.82) is 5.26 Å². The first-order valence-corrected chi connectivity index (χ1v) is 6.78. The van der Waals surface area contributed by atoms with E-state index in [2.05, 4.69) is 5.32 Å². The maximum Gasteiger partial charge on any atom is 0.245 e. The van der Waals surface area contributed by atoms with E-state index in [4.69, 9.17) is 10.00 Å². The highest BCUT2D eigenvalue weighted by Gasteiger charge is 2.27. The van der Waals surface area contributed by atoms with Crippen LogP contribution in [-0.4, -0.2) is 32.0 Å². The van der Waals surface area contributed by atoms with Gasteiger partial charge in [0.15, 0.2) is 11.7 Å². The second-order valence-electron chi connectivity index (χ2n) is 4.94. The Hall–Kier alpha value is -2.19. The third-order valence-electron chi connectivity index (χ3n) is 2.98. The summed E-state index contributed by atoms with van der Waals surface area (Å²) < 4.78 is 4.87. The average molecular weight is 288 g/mol. The number of amides is 1. The number of hydrogen-bond acceptors (Lipinski definition) is 4. The molecular weight excluding hydrogens is 268 g/mol. The van der Waals surface area contributed by atoms with Crippen molar-refractivity contribution in [2.24, 2.45) is 5.92 Å². The van der Waals surface area contributed by atoms with Crippen LogP contribution in [0.5, 0.6) is 0 Å². The Kier molecular flexibility index (Phi) is 6.57. The Labute approximate surface area is 124 Å². The lowest BCUT2D eigenvalue weighted by Crippen LogP contribution is -2.35. The van der Waals surface area contributed by atoms with Gasteiger partial charge in [0.25, 0.3) is 0 Å². The summed E-state index contributed by atoms with van der Waals surface area (Å²) in [6, 6.07) is 7.11. The van der Waals surface area contributed by atoms with Crippen LogP contribution in [0, 0.1) is 31.1 Å². The van der Waals surface area contributed by atoms with Crippen molar-refractivity contribution >= 4 is 11.7 Å². The summed E-state index contributed by atoms with van der Waals surface area (Å²) in [7, 11) is 1.57. The number of methoxy groups -OCH3 is 1. The predicted octanol–water partition coefficient (Wildman–Crippen LogP) is 1.78. The van der Waals surface area contributed by atoms with Crippen molar-refractivity contribution in [3.8, 4) is 6.07 Å². The molecule has 1 aromatic carbocycles. The number of nitriles is 1. The first kappa shape index (κ1) is 16.9. The molecule has 1 rings (SSSR count). The van der Waals surface area contributed by atoms with Crippen LogP contribution < -0.4 is 5.32 Å². The van der Waals surface area contributed by atoms with Gasteiger partial charge in [-0.15, -0.1) is 0 Å². The van der Waals surface area contributed by atoms with Crippen molar-refractivity contribution in [2.45, 2.75) is 20.3 Å². The first-order chi connectivity index (χ1) is 9.99. The fourth-order valence-corrected chi connectivity index (χ4v) is 2.05. The van der Waals surface area contributed by atoms with Crippen LogP contribution in [0.25, 0.3) is 0 Å². The molecule has 1 atom stereocenters. The Morgan fingerprint density at radius 2 is 1.90 bits per heavy atom. The van der Waals surface area contributed by atoms with E-state index in [0.29, 0.717) is 25.1 Å². The van der Waals surface area contributed by atoms with Gasteiger partial charge in [-0.1, -0.05) is 17.2 Å². The zero-order chi connectivity index (χ0) is 15.8. The normalized spacial score (nSPS) is 11.5. The van der Waals surface area contributed by atoms with Crippen LogP contribution in [0.2, 0.25) is 0 Å². The van der Waals surface area contributed by atoms with Crippen molar-refractivity contribution < 1.29 is 14.3 Å². The lowest BCUT2D eigenvalue weighted by atomic mass is 9.95. The molecule has 0 unspecified atom stereocenters. The minimum Gasteiger partial charge on any atom is -0.385 e. The number of hydrogen-bond donors (Lipinski definition) is 1. The van der Waals surface area contributed by atoms with Gasteiger partial charge in [0.1, 0.15) is 0 Å². The quantitative estimate of drug-likeness (QED) is 0.471. The molecule has 112 valence electrons. The van der Waals surface area contributed by atoms with Crippen LogP contribution in [0.3, 0.4) is 0 Å². The molecule has 0 fully saturated rings. The number of nitrogens with one attached hydrogen (secondary N) is 1. The van der Waals surface area contributed by atoms with Crippen LogP contribution in [0.1, 0.15) is 27.9 Å². The molecule has 0 aliphatic heterocycles. The highest BCUT2D eigenvalue weighted by molar-refractivity contribution is 6.12. The number of ketones is 1. The van der Waals surface area contributed by atoms with E-state index < -0.39 is 17.6 Å². The van der Waals surface area contributed by atoms with Crippen molar-refractivity contribution in [1.82, 2.24) is 5.32 Å². The first-order valence-electron chi connectivity index (χ1n) is 6.78. The maximum atomic E-state index is 12.3. The second kappa shape index (κ2) is 8.18. The minimum atomic E-state index is -1.31. The molecule has 5 heteroatoms. The maximum absolute atomic E-state index is 12.3. The molecule has 0 saturated heterocycles. The summed E-state index contributed by atoms with van der Waals surface area (Å²) in [6.07, 6.45) is 0.637. The fourth-order valence-electron chi connectivity index (χ4n) is 2.05. The molecule has 0 spiro atoms. The monoisotopic (exact) mass is 288 g/mol. The van der Waals surface area contributed by atoms with E-state index in [9.17, 15) is 9.59 Å². The Balaban J connectivity index is 2.77. The number of carbonyl (C=O) groups excluding carboxylic acids is 2. The highest BCUT2D eigenvalue weighted by atomic mass is 16.5. The summed E-state index contributed by atoms with van der Waals surface area (Å²) >= 11 is 0. The van der Waals surface area contributed by atoms with Gasteiger partial charge in [-0.3, -0.25) is 9.59 Å². The van der Waals surface area contributed by atoms with Crippen LogP contribution in [-0.2, 0) is 9.53 Å². The van der Waals surface area contributed by atoms with E-state index >= 15 is 0 Å². The van der Waals surface area contributed by atoms with E-state index in [-0.39, 0.29) is 0 Å². The number of rotatable bonds is 7. The van der Waals surface area contributed by atoms with Gasteiger partial charge in [-0.25, -0.2) is 0 Å². The predicted molar refractivity (Wildman–Crippen MR) is 78.9 cm³/mol. The number of carbonyl (C=O) groups is 2. The molecular formula is C16H20N2O3. The van der Waals surface area contributed by atoms with E-state index in [1.54, 1.807) is 25.3 Å². The minimum absolute atomic E-state index is 0.380. The van der Waals surface area contributed by atoms with Gasteiger partial charge >= 0.3 is 0 Å². The average Bonchev–Trinajstić information content (AvgIpc) is 2.43. The molecule has 1 amide bonds. The van der Waals surface area contributed by atoms with Gasteiger partial charge < -0.3 is 10.1 Å². The third kappa shape index (κ3) is 5.01. The van der Waals surface area contributed by atoms with Gasteiger partial charge in [0, 0.05) is 25.8 Å². The van der Waals surface area contributed by atoms with Gasteiger partial charge in [-0.05, 0) is 32.4 Å². The van der Waals surface area contributed by atoms with E-state index in [1.807, 2.05) is 19.9 Å². The summed E-state index contributed by atoms with van der Waals surface area (Å²) in [5.41, 5.74) is 2.25. The van der Waals surface area contributed by atoms with Crippen LogP contribution >= 0.6 is 0 Å². The van der Waals surface area contributed by atoms with Gasteiger partial charge in [0.05, 0.1) is 6.07 Å². The number of ether oxygens (including phenoxy) is 1. The molecule has 5 nitrogen and oxygen atoms in total. The number of benzene rings is 1. The standard InChI is InChI=1S/C16H20N2O3/c1-11-7-12(2)9-13(8-11)15(19)14(10-17)16(20)18-5-4-6-21-3/h7-9,14H,4-6H2,1-3H3,(H,18,20)/t14-/m1/s1. The lowest BCUT2D eigenvalue weighted by Gasteiger charge is -2.10. The van der Waals surface area contributed by atoms with Crippen molar-refractivity contribution in [2.75, 3.05) is 20.3 Å². The summed E-state index contributed by atoms with van der Waals surface area (Å²) in [6.45, 7) is 4.64. The largest absolute Gasteiger partial charge is 0.385 e. The molecule has 0 aromatic heterocycles. The Morgan fingerprint density at radius 3 is 2.43 bits per heavy atom. The molecule has 0 aliphatic carbocycles. The van der Waals surface area contributed by atoms with Gasteiger partial charge in [-0.2, -0.15) is 5.26 Å². The molecule has 1 aromatic rings. The smallest absolute Gasteiger partial charge is 0.245 e. The lowest BCUT2D eigenvalue weighted by molar-refractivity contribution is -0.122. The molecule has 0 heterocycles. The SMILES string of the molecule is COCCCNC(=O)[C@H](C#N)C(=O)c1cc(C)cc(C)c1. The Morgan fingerprint density at radius 1 is 1.29 bits per heavy atom. The Bertz CT molecular complexity index is 541. The molecule has 0 radical (unpaired) electrons. The molecule has 0 bridgehead atoms. The van der Waals surface area contributed by atoms with Crippen LogP contribution in [0.15, 0.2) is 18.2 Å². The number of Topliss-reactive ketones (excluding diaryl/α,β-unsaturated/α-hetero) is 1. The topological polar surface area (TPSA) is 79.2 Å². The van der Waals surface area contributed by atoms with Crippen LogP contribution in [0.4, 0.5) is 0 Å². The van der Waals surface area contributed by atoms with Gasteiger partial charge in [0.2, 0.25) is 5.91 Å². The number of nitrogens with zero attached hydrogens (tertiary/aromatic N) is 1. The zero-order valence-corrected chi connectivity index (χ0v) is 12.6. The van der Waals surface area contributed by atoms with Crippen molar-refractivity contribution in [3.05, 3.63) is 34.9 Å². The second-order valence-corrected chi connectivity index (χ2v) is 4.94. The summed E-state index contributed by atoms with van der Waals surface area (Å²) in [5.74, 6) is -2.33. The fraction of sp³-hybridized carbons (Fsp3) is 0.438. The molecule has 0 saturated carbocycles. The van der Waals surface area contributed by atoms with Crippen molar-refractivity contribution in [3.63, 3.8) is 0 Å². The van der Waals surface area contributed by atoms with E-state index in [0.717, 1.165) is 11.1 Å². The molecule has 1 N–H and O–H groups in total. The summed E-state index contributed by atoms with van der Waals surface area (Å²) in [5, 5.41) is 11.7. The zero-order valence-electron chi connectivity index (χ0n) is 12.6. The number of aryl methyl sites for hydroxylation is 2. The molecule has 0 aliphatic rings. The van der Waals surface area contributed by atoms with E-state index in [1.165, 1.54) is 0 Å². The highest BCUT2D eigenvalue weighted by Crippen LogP contribution is 2.14. The summed E-state index contributed by atoms with van der Waals surface area (Å²) in [4.78, 5) is 24.2. The third-order valence-corrected chi connectivity index (χ3v) is 2.98. The molecule has 21 heavy (non-hydrogen) atoms.